The lowest BCUT2D eigenvalue weighted by molar-refractivity contribution is 0.0685. The minimum atomic E-state index is -3.89. The van der Waals surface area contributed by atoms with E-state index in [9.17, 15) is 18.3 Å². The number of carboxylic acids is 1. The molecule has 0 amide bonds. The second kappa shape index (κ2) is 6.59. The summed E-state index contributed by atoms with van der Waals surface area (Å²) < 4.78 is 28.5. The van der Waals surface area contributed by atoms with Crippen LogP contribution in [0, 0.1) is 0 Å². The van der Waals surface area contributed by atoms with Gasteiger partial charge in [-0.15, -0.1) is 0 Å². The van der Waals surface area contributed by atoms with Crippen LogP contribution in [0.1, 0.15) is 44.1 Å². The van der Waals surface area contributed by atoms with E-state index in [1.54, 1.807) is 13.8 Å². The van der Waals surface area contributed by atoms with Gasteiger partial charge in [0.1, 0.15) is 10.6 Å². The highest BCUT2D eigenvalue weighted by Gasteiger charge is 2.30. The van der Waals surface area contributed by atoms with Gasteiger partial charge < -0.3 is 14.8 Å². The van der Waals surface area contributed by atoms with E-state index in [1.165, 1.54) is 10.8 Å². The minimum absolute atomic E-state index is 0.0700. The first-order chi connectivity index (χ1) is 9.69. The topological polar surface area (TPSA) is 109 Å². The third-order valence-electron chi connectivity index (χ3n) is 3.38. The number of rotatable bonds is 8. The number of carbonyl (C=O) groups is 1. The van der Waals surface area contributed by atoms with Gasteiger partial charge in [0.25, 0.3) is 0 Å². The lowest BCUT2D eigenvalue weighted by atomic mass is 10.0. The molecule has 0 spiro atoms. The highest BCUT2D eigenvalue weighted by molar-refractivity contribution is 7.89. The molecule has 120 valence electrons. The Morgan fingerprint density at radius 3 is 2.48 bits per heavy atom. The summed E-state index contributed by atoms with van der Waals surface area (Å²) in [5.74, 6) is -1.18. The van der Waals surface area contributed by atoms with Crippen molar-refractivity contribution in [3.05, 3.63) is 18.0 Å². The average Bonchev–Trinajstić information content (AvgIpc) is 2.83. The number of aliphatic hydroxyl groups is 1. The fourth-order valence-electron chi connectivity index (χ4n) is 1.84. The largest absolute Gasteiger partial charge is 0.477 e. The van der Waals surface area contributed by atoms with Gasteiger partial charge in [-0.1, -0.05) is 13.8 Å². The molecule has 0 fully saturated rings. The van der Waals surface area contributed by atoms with Gasteiger partial charge in [-0.2, -0.15) is 0 Å². The third kappa shape index (κ3) is 4.05. The monoisotopic (exact) mass is 318 g/mol. The molecule has 3 N–H and O–H groups in total. The standard InChI is InChI=1S/C13H22N2O5S/c1-4-6-15-8-10(7-11(15)12(17)18)21(19,20)14-13(3,5-2)9-16/h7-8,14,16H,4-6,9H2,1-3H3,(H,17,18). The number of aryl methyl sites for hydroxylation is 1. The number of hydrogen-bond acceptors (Lipinski definition) is 4. The van der Waals surface area contributed by atoms with Crippen LogP contribution in [-0.2, 0) is 16.6 Å². The SMILES string of the molecule is CCCn1cc(S(=O)(=O)NC(C)(CC)CO)cc1C(=O)O. The first-order valence-corrected chi connectivity index (χ1v) is 8.25. The molecule has 1 aromatic heterocycles. The summed E-state index contributed by atoms with van der Waals surface area (Å²) in [6.45, 7) is 5.29. The molecule has 7 nitrogen and oxygen atoms in total. The maximum absolute atomic E-state index is 12.3. The first kappa shape index (κ1) is 17.7. The van der Waals surface area contributed by atoms with Crippen LogP contribution in [0.25, 0.3) is 0 Å². The van der Waals surface area contributed by atoms with Crippen LogP contribution in [0.15, 0.2) is 17.2 Å². The van der Waals surface area contributed by atoms with Crippen LogP contribution in [0.4, 0.5) is 0 Å². The molecule has 0 bridgehead atoms. The Morgan fingerprint density at radius 1 is 1.43 bits per heavy atom. The van der Waals surface area contributed by atoms with Crippen molar-refractivity contribution in [2.45, 2.75) is 50.6 Å². The van der Waals surface area contributed by atoms with Crippen LogP contribution < -0.4 is 4.72 Å². The highest BCUT2D eigenvalue weighted by Crippen LogP contribution is 2.19. The molecule has 0 saturated heterocycles. The summed E-state index contributed by atoms with van der Waals surface area (Å²) >= 11 is 0. The van der Waals surface area contributed by atoms with Crippen LogP contribution in [0.5, 0.6) is 0 Å². The molecule has 0 aliphatic carbocycles. The number of nitrogens with one attached hydrogen (secondary N) is 1. The molecular formula is C13H22N2O5S. The third-order valence-corrected chi connectivity index (χ3v) is 4.98. The van der Waals surface area contributed by atoms with Crippen molar-refractivity contribution in [1.82, 2.24) is 9.29 Å². The van der Waals surface area contributed by atoms with Gasteiger partial charge in [0.15, 0.2) is 0 Å². The molecule has 1 atom stereocenters. The van der Waals surface area contributed by atoms with Gasteiger partial charge in [-0.25, -0.2) is 17.9 Å². The van der Waals surface area contributed by atoms with Crippen molar-refractivity contribution in [3.8, 4) is 0 Å². The molecule has 21 heavy (non-hydrogen) atoms. The Hall–Kier alpha value is -1.38. The molecule has 8 heteroatoms. The number of carboxylic acid groups (broad SMARTS) is 1. The zero-order valence-electron chi connectivity index (χ0n) is 12.5. The molecule has 1 heterocycles. The quantitative estimate of drug-likeness (QED) is 0.663. The Morgan fingerprint density at radius 2 is 2.05 bits per heavy atom. The summed E-state index contributed by atoms with van der Waals surface area (Å²) in [7, 11) is -3.89. The predicted octanol–water partition coefficient (Wildman–Crippen LogP) is 1.04. The molecule has 1 unspecified atom stereocenters. The average molecular weight is 318 g/mol. The molecule has 1 rings (SSSR count). The maximum atomic E-state index is 12.3. The van der Waals surface area contributed by atoms with E-state index in [1.807, 2.05) is 6.92 Å². The van der Waals surface area contributed by atoms with Crippen molar-refractivity contribution >= 4 is 16.0 Å². The van der Waals surface area contributed by atoms with E-state index in [0.29, 0.717) is 19.4 Å². The van der Waals surface area contributed by atoms with Crippen molar-refractivity contribution in [2.75, 3.05) is 6.61 Å². The fourth-order valence-corrected chi connectivity index (χ4v) is 3.34. The normalized spacial score (nSPS) is 14.9. The summed E-state index contributed by atoms with van der Waals surface area (Å²) in [4.78, 5) is 11.0. The number of aliphatic hydroxyl groups excluding tert-OH is 1. The summed E-state index contributed by atoms with van der Waals surface area (Å²) in [6, 6.07) is 1.13. The second-order valence-corrected chi connectivity index (χ2v) is 6.92. The molecule has 0 radical (unpaired) electrons. The number of sulfonamides is 1. The second-order valence-electron chi connectivity index (χ2n) is 5.24. The van der Waals surface area contributed by atoms with Crippen molar-refractivity contribution in [2.24, 2.45) is 0 Å². The van der Waals surface area contributed by atoms with Crippen molar-refractivity contribution in [3.63, 3.8) is 0 Å². The molecule has 0 aromatic carbocycles. The Kier molecular flexibility index (Phi) is 5.54. The molecule has 0 aliphatic rings. The number of aromatic carboxylic acids is 1. The van der Waals surface area contributed by atoms with E-state index in [-0.39, 0.29) is 17.2 Å². The minimum Gasteiger partial charge on any atom is -0.477 e. The lowest BCUT2D eigenvalue weighted by Gasteiger charge is -2.26. The highest BCUT2D eigenvalue weighted by atomic mass is 32.2. The fraction of sp³-hybridized carbons (Fsp3) is 0.615. The molecule has 0 saturated carbocycles. The summed E-state index contributed by atoms with van der Waals surface area (Å²) in [5.41, 5.74) is -1.05. The zero-order chi connectivity index (χ0) is 16.3. The van der Waals surface area contributed by atoms with E-state index in [4.69, 9.17) is 5.11 Å². The maximum Gasteiger partial charge on any atom is 0.352 e. The molecule has 0 aliphatic heterocycles. The van der Waals surface area contributed by atoms with Crippen LogP contribution in [0.3, 0.4) is 0 Å². The van der Waals surface area contributed by atoms with Crippen LogP contribution in [0.2, 0.25) is 0 Å². The molecule has 1 aromatic rings. The predicted molar refractivity (Wildman–Crippen MR) is 77.8 cm³/mol. The summed E-state index contributed by atoms with van der Waals surface area (Å²) in [6.07, 6.45) is 2.40. The van der Waals surface area contributed by atoms with E-state index >= 15 is 0 Å². The van der Waals surface area contributed by atoms with E-state index < -0.39 is 21.5 Å². The number of aromatic nitrogens is 1. The van der Waals surface area contributed by atoms with Gasteiger partial charge in [-0.3, -0.25) is 0 Å². The Bertz CT molecular complexity index is 602. The smallest absolute Gasteiger partial charge is 0.352 e. The van der Waals surface area contributed by atoms with Crippen molar-refractivity contribution in [1.29, 1.82) is 0 Å². The molecular weight excluding hydrogens is 296 g/mol. The lowest BCUT2D eigenvalue weighted by Crippen LogP contribution is -2.48. The van der Waals surface area contributed by atoms with Gasteiger partial charge >= 0.3 is 5.97 Å². The van der Waals surface area contributed by atoms with Gasteiger partial charge in [0.05, 0.1) is 12.1 Å². The number of hydrogen-bond donors (Lipinski definition) is 3. The van der Waals surface area contributed by atoms with Crippen molar-refractivity contribution < 1.29 is 23.4 Å². The van der Waals surface area contributed by atoms with Gasteiger partial charge in [-0.05, 0) is 25.8 Å². The number of nitrogens with zero attached hydrogens (tertiary/aromatic N) is 1. The Labute approximate surface area is 124 Å². The van der Waals surface area contributed by atoms with Gasteiger partial charge in [0.2, 0.25) is 10.0 Å². The Balaban J connectivity index is 3.20. The van der Waals surface area contributed by atoms with E-state index in [2.05, 4.69) is 4.72 Å². The van der Waals surface area contributed by atoms with E-state index in [0.717, 1.165) is 6.07 Å². The van der Waals surface area contributed by atoms with Crippen LogP contribution >= 0.6 is 0 Å². The van der Waals surface area contributed by atoms with Gasteiger partial charge in [0, 0.05) is 12.7 Å². The van der Waals surface area contributed by atoms with Crippen LogP contribution in [-0.4, -0.2) is 41.3 Å². The first-order valence-electron chi connectivity index (χ1n) is 6.77. The zero-order valence-corrected chi connectivity index (χ0v) is 13.3. The summed E-state index contributed by atoms with van der Waals surface area (Å²) in [5, 5.41) is 18.4.